The monoisotopic (exact) mass is 231 g/mol. The van der Waals surface area contributed by atoms with Gasteiger partial charge in [0, 0.05) is 11.8 Å². The molecule has 4 nitrogen and oxygen atoms in total. The maximum atomic E-state index is 11.5. The van der Waals surface area contributed by atoms with Gasteiger partial charge < -0.3 is 0 Å². The van der Waals surface area contributed by atoms with Crippen molar-refractivity contribution in [3.05, 3.63) is 52.5 Å². The Kier molecular flexibility index (Phi) is 3.40. The molecule has 0 aliphatic rings. The van der Waals surface area contributed by atoms with E-state index in [1.54, 1.807) is 41.9 Å². The lowest BCUT2D eigenvalue weighted by atomic mass is 10.3. The topological polar surface area (TPSA) is 54.4 Å². The fourth-order valence-electron chi connectivity index (χ4n) is 1.07. The normalized spacial score (nSPS) is 10.5. The van der Waals surface area contributed by atoms with Crippen molar-refractivity contribution in [3.8, 4) is 0 Å². The van der Waals surface area contributed by atoms with Crippen LogP contribution in [0, 0.1) is 0 Å². The van der Waals surface area contributed by atoms with Crippen LogP contribution in [0.5, 0.6) is 0 Å². The van der Waals surface area contributed by atoms with Crippen LogP contribution in [-0.2, 0) is 0 Å². The molecule has 0 aliphatic carbocycles. The zero-order chi connectivity index (χ0) is 11.2. The number of amides is 1. The van der Waals surface area contributed by atoms with E-state index < -0.39 is 0 Å². The Morgan fingerprint density at radius 2 is 2.38 bits per heavy atom. The van der Waals surface area contributed by atoms with Gasteiger partial charge in [0.15, 0.2) is 0 Å². The van der Waals surface area contributed by atoms with Gasteiger partial charge >= 0.3 is 0 Å². The van der Waals surface area contributed by atoms with Crippen molar-refractivity contribution in [3.63, 3.8) is 0 Å². The van der Waals surface area contributed by atoms with Crippen molar-refractivity contribution in [2.45, 2.75) is 0 Å². The van der Waals surface area contributed by atoms with Crippen molar-refractivity contribution in [2.24, 2.45) is 5.10 Å². The predicted octanol–water partition coefficient (Wildman–Crippen LogP) is 1.91. The minimum Gasteiger partial charge on any atom is -0.266 e. The van der Waals surface area contributed by atoms with Gasteiger partial charge in [-0.25, -0.2) is 5.43 Å². The van der Waals surface area contributed by atoms with Crippen LogP contribution in [0.25, 0.3) is 0 Å². The third-order valence-corrected chi connectivity index (χ3v) is 2.52. The molecule has 0 fully saturated rings. The SMILES string of the molecule is O=C(N/N=C/c1ccsc1)c1ccccn1. The minimum absolute atomic E-state index is 0.313. The Labute approximate surface area is 96.7 Å². The summed E-state index contributed by atoms with van der Waals surface area (Å²) in [6, 6.07) is 7.06. The second-order valence-electron chi connectivity index (χ2n) is 2.97. The molecule has 0 unspecified atom stereocenters. The van der Waals surface area contributed by atoms with Gasteiger partial charge in [0.05, 0.1) is 6.21 Å². The van der Waals surface area contributed by atoms with Crippen LogP contribution >= 0.6 is 11.3 Å². The molecule has 0 bridgehead atoms. The van der Waals surface area contributed by atoms with Crippen molar-refractivity contribution < 1.29 is 4.79 Å². The predicted molar refractivity (Wildman–Crippen MR) is 63.6 cm³/mol. The Balaban J connectivity index is 1.94. The number of carbonyl (C=O) groups excluding carboxylic acids is 1. The number of hydrogen-bond acceptors (Lipinski definition) is 4. The summed E-state index contributed by atoms with van der Waals surface area (Å²) in [6.07, 6.45) is 3.16. The summed E-state index contributed by atoms with van der Waals surface area (Å²) in [5.41, 5.74) is 3.73. The van der Waals surface area contributed by atoms with Gasteiger partial charge in [-0.1, -0.05) is 6.07 Å². The average molecular weight is 231 g/mol. The number of nitrogens with one attached hydrogen (secondary N) is 1. The van der Waals surface area contributed by atoms with Crippen molar-refractivity contribution >= 4 is 23.5 Å². The molecule has 80 valence electrons. The number of aromatic nitrogens is 1. The van der Waals surface area contributed by atoms with E-state index >= 15 is 0 Å². The van der Waals surface area contributed by atoms with Gasteiger partial charge in [0.25, 0.3) is 5.91 Å². The summed E-state index contributed by atoms with van der Waals surface area (Å²) in [5, 5.41) is 7.72. The molecule has 0 aliphatic heterocycles. The molecule has 0 spiro atoms. The lowest BCUT2D eigenvalue weighted by Crippen LogP contribution is -2.18. The highest BCUT2D eigenvalue weighted by Crippen LogP contribution is 2.02. The van der Waals surface area contributed by atoms with Gasteiger partial charge in [-0.05, 0) is 29.0 Å². The first kappa shape index (κ1) is 10.5. The standard InChI is InChI=1S/C11H9N3OS/c15-11(10-3-1-2-5-12-10)14-13-7-9-4-6-16-8-9/h1-8H,(H,14,15)/b13-7+. The van der Waals surface area contributed by atoms with Crippen LogP contribution in [0.2, 0.25) is 0 Å². The molecule has 16 heavy (non-hydrogen) atoms. The van der Waals surface area contributed by atoms with Crippen LogP contribution < -0.4 is 5.43 Å². The first-order valence-electron chi connectivity index (χ1n) is 4.63. The molecule has 2 heterocycles. The number of hydrogen-bond donors (Lipinski definition) is 1. The van der Waals surface area contributed by atoms with Gasteiger partial charge in [0.2, 0.25) is 0 Å². The van der Waals surface area contributed by atoms with Crippen molar-refractivity contribution in [2.75, 3.05) is 0 Å². The maximum absolute atomic E-state index is 11.5. The van der Waals surface area contributed by atoms with E-state index in [4.69, 9.17) is 0 Å². The largest absolute Gasteiger partial charge is 0.289 e. The lowest BCUT2D eigenvalue weighted by molar-refractivity contribution is 0.0950. The van der Waals surface area contributed by atoms with Gasteiger partial charge in [-0.3, -0.25) is 9.78 Å². The highest BCUT2D eigenvalue weighted by atomic mass is 32.1. The number of pyridine rings is 1. The summed E-state index contributed by atoms with van der Waals surface area (Å²) in [6.45, 7) is 0. The number of carbonyl (C=O) groups is 1. The molecule has 0 atom stereocenters. The summed E-state index contributed by atoms with van der Waals surface area (Å²) in [5.74, 6) is -0.313. The number of thiophene rings is 1. The zero-order valence-corrected chi connectivity index (χ0v) is 9.15. The zero-order valence-electron chi connectivity index (χ0n) is 8.33. The molecule has 0 radical (unpaired) electrons. The van der Waals surface area contributed by atoms with Gasteiger partial charge in [0.1, 0.15) is 5.69 Å². The molecule has 0 aromatic carbocycles. The summed E-state index contributed by atoms with van der Waals surface area (Å²) in [7, 11) is 0. The second-order valence-corrected chi connectivity index (χ2v) is 3.75. The van der Waals surface area contributed by atoms with E-state index in [2.05, 4.69) is 15.5 Å². The first-order valence-corrected chi connectivity index (χ1v) is 5.57. The Morgan fingerprint density at radius 3 is 3.06 bits per heavy atom. The third kappa shape index (κ3) is 2.74. The van der Waals surface area contributed by atoms with E-state index in [-0.39, 0.29) is 5.91 Å². The summed E-state index contributed by atoms with van der Waals surface area (Å²) >= 11 is 1.58. The summed E-state index contributed by atoms with van der Waals surface area (Å²) < 4.78 is 0. The molecular weight excluding hydrogens is 222 g/mol. The van der Waals surface area contributed by atoms with Crippen molar-refractivity contribution in [1.82, 2.24) is 10.4 Å². The molecule has 2 aromatic rings. The van der Waals surface area contributed by atoms with Crippen LogP contribution in [0.4, 0.5) is 0 Å². The van der Waals surface area contributed by atoms with Crippen LogP contribution in [0.15, 0.2) is 46.3 Å². The van der Waals surface area contributed by atoms with Crippen LogP contribution in [0.3, 0.4) is 0 Å². The first-order chi connectivity index (χ1) is 7.86. The van der Waals surface area contributed by atoms with Crippen LogP contribution in [0.1, 0.15) is 16.1 Å². The molecule has 2 aromatic heterocycles. The van der Waals surface area contributed by atoms with E-state index in [0.717, 1.165) is 5.56 Å². The second kappa shape index (κ2) is 5.18. The fraction of sp³-hybridized carbons (Fsp3) is 0. The molecule has 5 heteroatoms. The smallest absolute Gasteiger partial charge is 0.266 e. The Bertz CT molecular complexity index is 479. The number of rotatable bonds is 3. The Morgan fingerprint density at radius 1 is 1.44 bits per heavy atom. The highest BCUT2D eigenvalue weighted by Gasteiger charge is 2.03. The molecule has 2 rings (SSSR count). The average Bonchev–Trinajstić information content (AvgIpc) is 2.83. The van der Waals surface area contributed by atoms with E-state index in [1.165, 1.54) is 0 Å². The lowest BCUT2D eigenvalue weighted by Gasteiger charge is -1.96. The number of nitrogens with zero attached hydrogens (tertiary/aromatic N) is 2. The van der Waals surface area contributed by atoms with Gasteiger partial charge in [-0.2, -0.15) is 16.4 Å². The molecule has 0 saturated carbocycles. The van der Waals surface area contributed by atoms with E-state index in [0.29, 0.717) is 5.69 Å². The van der Waals surface area contributed by atoms with Crippen LogP contribution in [-0.4, -0.2) is 17.1 Å². The minimum atomic E-state index is -0.313. The maximum Gasteiger partial charge on any atom is 0.289 e. The Hall–Kier alpha value is -2.01. The molecule has 1 amide bonds. The molecule has 0 saturated heterocycles. The molecular formula is C11H9N3OS. The summed E-state index contributed by atoms with van der Waals surface area (Å²) in [4.78, 5) is 15.4. The van der Waals surface area contributed by atoms with E-state index in [9.17, 15) is 4.79 Å². The fourth-order valence-corrected chi connectivity index (χ4v) is 1.68. The number of hydrazone groups is 1. The highest BCUT2D eigenvalue weighted by molar-refractivity contribution is 7.08. The third-order valence-electron chi connectivity index (χ3n) is 1.82. The quantitative estimate of drug-likeness (QED) is 0.648. The van der Waals surface area contributed by atoms with E-state index in [1.807, 2.05) is 16.8 Å². The van der Waals surface area contributed by atoms with Gasteiger partial charge in [-0.15, -0.1) is 0 Å². The van der Waals surface area contributed by atoms with Crippen molar-refractivity contribution in [1.29, 1.82) is 0 Å². The molecule has 1 N–H and O–H groups in total.